The number of aliphatic hydroxyl groups is 2. The minimum atomic E-state index is -0.611. The molecule has 4 aliphatic carbocycles. The molecule has 10 atom stereocenters. The van der Waals surface area contributed by atoms with Gasteiger partial charge in [-0.05, 0) is 109 Å². The normalized spacial score (nSPS) is 49.2. The van der Waals surface area contributed by atoms with Crippen molar-refractivity contribution in [2.75, 3.05) is 0 Å². The third kappa shape index (κ3) is 3.39. The average Bonchev–Trinajstić information content (AvgIpc) is 3.02. The predicted molar refractivity (Wildman–Crippen MR) is 130 cm³/mol. The van der Waals surface area contributed by atoms with Crippen LogP contribution in [0, 0.1) is 52.3 Å². The molecular weight excluding hydrogens is 396 g/mol. The summed E-state index contributed by atoms with van der Waals surface area (Å²) >= 11 is 0. The fourth-order valence-corrected chi connectivity index (χ4v) is 9.52. The number of allylic oxidation sites excluding steroid dienone is 1. The molecule has 3 nitrogen and oxygen atoms in total. The molecule has 32 heavy (non-hydrogen) atoms. The minimum absolute atomic E-state index is 0.101. The van der Waals surface area contributed by atoms with Gasteiger partial charge in [0, 0.05) is 6.42 Å². The van der Waals surface area contributed by atoms with Crippen molar-refractivity contribution in [2.45, 2.75) is 111 Å². The van der Waals surface area contributed by atoms with Crippen molar-refractivity contribution in [1.82, 2.24) is 0 Å². The Morgan fingerprint density at radius 2 is 1.62 bits per heavy atom. The summed E-state index contributed by atoms with van der Waals surface area (Å²) in [6.07, 6.45) is 8.84. The molecule has 4 fully saturated rings. The van der Waals surface area contributed by atoms with Crippen LogP contribution in [0.25, 0.3) is 0 Å². The van der Waals surface area contributed by atoms with E-state index in [1.807, 2.05) is 13.8 Å². The lowest BCUT2D eigenvalue weighted by atomic mass is 9.42. The van der Waals surface area contributed by atoms with Gasteiger partial charge in [0.25, 0.3) is 0 Å². The van der Waals surface area contributed by atoms with E-state index in [-0.39, 0.29) is 34.6 Å². The van der Waals surface area contributed by atoms with E-state index in [4.69, 9.17) is 0 Å². The Morgan fingerprint density at radius 1 is 0.969 bits per heavy atom. The zero-order chi connectivity index (χ0) is 23.6. The molecule has 0 aromatic rings. The van der Waals surface area contributed by atoms with Crippen LogP contribution in [0.15, 0.2) is 12.2 Å². The van der Waals surface area contributed by atoms with E-state index in [9.17, 15) is 15.0 Å². The number of carbonyl (C=O) groups excluding carboxylic acids is 1. The highest BCUT2D eigenvalue weighted by Gasteiger charge is 2.68. The van der Waals surface area contributed by atoms with Gasteiger partial charge in [-0.15, -0.1) is 0 Å². The number of ketones is 1. The SMILES string of the molecule is C=C(C(=O)CC(C)[C@H]1CC[C@]2(O)C3CCC4C(C)[C@@H](O)CC[C@]4(C)C3CC[C@]12C)C(C)C. The summed E-state index contributed by atoms with van der Waals surface area (Å²) in [5.74, 6) is 2.97. The Hall–Kier alpha value is -0.670. The third-order valence-corrected chi connectivity index (χ3v) is 11.7. The van der Waals surface area contributed by atoms with Crippen LogP contribution < -0.4 is 0 Å². The summed E-state index contributed by atoms with van der Waals surface area (Å²) in [6.45, 7) is 17.5. The van der Waals surface area contributed by atoms with E-state index in [2.05, 4.69) is 34.3 Å². The number of Topliss-reactive ketones (excluding diaryl/α,β-unsaturated/α-hetero) is 1. The van der Waals surface area contributed by atoms with Crippen LogP contribution in [-0.4, -0.2) is 27.7 Å². The van der Waals surface area contributed by atoms with E-state index >= 15 is 0 Å². The molecular formula is C29H48O3. The zero-order valence-electron chi connectivity index (χ0n) is 21.5. The number of rotatable bonds is 5. The first-order valence-corrected chi connectivity index (χ1v) is 13.5. The number of hydrogen-bond donors (Lipinski definition) is 2. The Morgan fingerprint density at radius 3 is 2.28 bits per heavy atom. The molecule has 3 heteroatoms. The van der Waals surface area contributed by atoms with Crippen LogP contribution in [-0.2, 0) is 4.79 Å². The summed E-state index contributed by atoms with van der Waals surface area (Å²) in [4.78, 5) is 12.8. The summed E-state index contributed by atoms with van der Waals surface area (Å²) in [7, 11) is 0. The zero-order valence-corrected chi connectivity index (χ0v) is 21.5. The molecule has 0 heterocycles. The highest BCUT2D eigenvalue weighted by atomic mass is 16.3. The van der Waals surface area contributed by atoms with Gasteiger partial charge in [0.05, 0.1) is 11.7 Å². The van der Waals surface area contributed by atoms with E-state index in [0.717, 1.165) is 50.5 Å². The molecule has 0 radical (unpaired) electrons. The lowest BCUT2D eigenvalue weighted by Crippen LogP contribution is -2.63. The molecule has 4 rings (SSSR count). The number of hydrogen-bond acceptors (Lipinski definition) is 3. The fraction of sp³-hybridized carbons (Fsp3) is 0.897. The van der Waals surface area contributed by atoms with E-state index in [0.29, 0.717) is 36.0 Å². The van der Waals surface area contributed by atoms with Gasteiger partial charge in [0.15, 0.2) is 5.78 Å². The molecule has 0 aromatic heterocycles. The van der Waals surface area contributed by atoms with Gasteiger partial charge in [-0.2, -0.15) is 0 Å². The largest absolute Gasteiger partial charge is 0.393 e. The molecule has 2 N–H and O–H groups in total. The number of fused-ring (bicyclic) bond motifs is 5. The van der Waals surface area contributed by atoms with Crippen molar-refractivity contribution < 1.29 is 15.0 Å². The van der Waals surface area contributed by atoms with Crippen molar-refractivity contribution in [2.24, 2.45) is 52.3 Å². The molecule has 182 valence electrons. The van der Waals surface area contributed by atoms with Crippen LogP contribution in [0.3, 0.4) is 0 Å². The number of aliphatic hydroxyl groups excluding tert-OH is 1. The first kappa shape index (κ1) is 24.5. The molecule has 0 aromatic carbocycles. The molecule has 5 unspecified atom stereocenters. The monoisotopic (exact) mass is 444 g/mol. The lowest BCUT2D eigenvalue weighted by molar-refractivity contribution is -0.220. The minimum Gasteiger partial charge on any atom is -0.393 e. The topological polar surface area (TPSA) is 57.5 Å². The van der Waals surface area contributed by atoms with Crippen LogP contribution in [0.2, 0.25) is 0 Å². The maximum absolute atomic E-state index is 12.8. The standard InChI is InChI=1S/C29H48O3/c1-17(2)19(4)26(31)16-18(3)21-11-15-29(32)24-9-8-22-20(5)25(30)12-13-27(22,6)23(24)10-14-28(21,29)7/h17-18,20-25,30,32H,4,8-16H2,1-3,5-7H3/t18?,20?,21-,22?,23?,24?,25+,27+,28-,29+/m1/s1. The summed E-state index contributed by atoms with van der Waals surface area (Å²) in [5, 5.41) is 22.9. The smallest absolute Gasteiger partial charge is 0.158 e. The Balaban J connectivity index is 1.56. The van der Waals surface area contributed by atoms with Gasteiger partial charge in [-0.25, -0.2) is 0 Å². The first-order valence-electron chi connectivity index (χ1n) is 13.5. The Kier molecular flexibility index (Phi) is 6.28. The highest BCUT2D eigenvalue weighted by molar-refractivity contribution is 5.95. The van der Waals surface area contributed by atoms with Gasteiger partial charge in [-0.1, -0.05) is 48.1 Å². The van der Waals surface area contributed by atoms with Gasteiger partial charge in [-0.3, -0.25) is 4.79 Å². The van der Waals surface area contributed by atoms with Crippen molar-refractivity contribution in [3.8, 4) is 0 Å². The average molecular weight is 445 g/mol. The maximum atomic E-state index is 12.8. The van der Waals surface area contributed by atoms with Crippen LogP contribution in [0.1, 0.15) is 99.3 Å². The van der Waals surface area contributed by atoms with Crippen molar-refractivity contribution in [3.05, 3.63) is 12.2 Å². The quantitative estimate of drug-likeness (QED) is 0.498. The lowest BCUT2D eigenvalue weighted by Gasteiger charge is -2.65. The molecule has 4 saturated carbocycles. The van der Waals surface area contributed by atoms with Gasteiger partial charge in [0.1, 0.15) is 0 Å². The van der Waals surface area contributed by atoms with Gasteiger partial charge in [0.2, 0.25) is 0 Å². The van der Waals surface area contributed by atoms with Crippen LogP contribution >= 0.6 is 0 Å². The van der Waals surface area contributed by atoms with Gasteiger partial charge < -0.3 is 10.2 Å². The van der Waals surface area contributed by atoms with E-state index < -0.39 is 5.60 Å². The van der Waals surface area contributed by atoms with E-state index in [1.165, 1.54) is 6.42 Å². The molecule has 4 aliphatic rings. The van der Waals surface area contributed by atoms with Crippen molar-refractivity contribution in [1.29, 1.82) is 0 Å². The Bertz CT molecular complexity index is 758. The summed E-state index contributed by atoms with van der Waals surface area (Å²) in [6, 6.07) is 0. The molecule has 0 spiro atoms. The second-order valence-electron chi connectivity index (χ2n) is 13.2. The van der Waals surface area contributed by atoms with Crippen LogP contribution in [0.5, 0.6) is 0 Å². The molecule has 0 amide bonds. The molecule has 0 aliphatic heterocycles. The van der Waals surface area contributed by atoms with Crippen LogP contribution in [0.4, 0.5) is 0 Å². The molecule has 0 saturated heterocycles. The first-order chi connectivity index (χ1) is 14.9. The summed E-state index contributed by atoms with van der Waals surface area (Å²) < 4.78 is 0. The predicted octanol–water partition coefficient (Wildman–Crippen LogP) is 6.17. The summed E-state index contributed by atoms with van der Waals surface area (Å²) in [5.41, 5.74) is 0.280. The van der Waals surface area contributed by atoms with Crippen molar-refractivity contribution in [3.63, 3.8) is 0 Å². The Labute approximate surface area is 196 Å². The number of carbonyl (C=O) groups is 1. The van der Waals surface area contributed by atoms with Gasteiger partial charge >= 0.3 is 0 Å². The highest BCUT2D eigenvalue weighted by Crippen LogP contribution is 2.70. The second kappa shape index (κ2) is 8.22. The third-order valence-electron chi connectivity index (χ3n) is 11.7. The molecule has 0 bridgehead atoms. The maximum Gasteiger partial charge on any atom is 0.158 e. The second-order valence-corrected chi connectivity index (χ2v) is 13.2. The fourth-order valence-electron chi connectivity index (χ4n) is 9.52. The van der Waals surface area contributed by atoms with E-state index in [1.54, 1.807) is 0 Å². The van der Waals surface area contributed by atoms with Crippen molar-refractivity contribution >= 4 is 5.78 Å².